The molecule has 1 aliphatic heterocycles. The summed E-state index contributed by atoms with van der Waals surface area (Å²) >= 11 is 2.11. The Kier molecular flexibility index (Phi) is 5.18. The largest absolute Gasteiger partial charge is 0.303 e. The lowest BCUT2D eigenvalue weighted by Gasteiger charge is -2.34. The van der Waals surface area contributed by atoms with Crippen molar-refractivity contribution in [3.63, 3.8) is 0 Å². The third-order valence-electron chi connectivity index (χ3n) is 2.75. The van der Waals surface area contributed by atoms with E-state index in [4.69, 9.17) is 0 Å². The molecule has 1 nitrogen and oxygen atoms in total. The molecular weight excluding hydrogens is 178 g/mol. The fourth-order valence-electron chi connectivity index (χ4n) is 1.82. The Morgan fingerprint density at radius 2 is 2.15 bits per heavy atom. The maximum absolute atomic E-state index is 3.64. The maximum Gasteiger partial charge on any atom is 0.0616 e. The highest BCUT2D eigenvalue weighted by Crippen LogP contribution is 2.31. The van der Waals surface area contributed by atoms with E-state index in [-0.39, 0.29) is 0 Å². The lowest BCUT2D eigenvalue weighted by Crippen LogP contribution is -2.43. The number of thioether (sulfide) groups is 1. The van der Waals surface area contributed by atoms with E-state index in [1.54, 1.807) is 0 Å². The van der Waals surface area contributed by atoms with Crippen LogP contribution in [0.2, 0.25) is 0 Å². The van der Waals surface area contributed by atoms with Crippen LogP contribution in [-0.2, 0) is 0 Å². The molecule has 1 aliphatic rings. The summed E-state index contributed by atoms with van der Waals surface area (Å²) in [7, 11) is 0. The van der Waals surface area contributed by atoms with E-state index in [9.17, 15) is 0 Å². The van der Waals surface area contributed by atoms with E-state index in [1.165, 1.54) is 50.8 Å². The summed E-state index contributed by atoms with van der Waals surface area (Å²) in [5.41, 5.74) is 0. The van der Waals surface area contributed by atoms with Crippen molar-refractivity contribution in [3.8, 4) is 0 Å². The SMILES string of the molecule is CCCCCCC1(C)NCCCS1. The molecule has 0 spiro atoms. The van der Waals surface area contributed by atoms with Crippen LogP contribution in [0.15, 0.2) is 0 Å². The van der Waals surface area contributed by atoms with Crippen molar-refractivity contribution < 1.29 is 0 Å². The summed E-state index contributed by atoms with van der Waals surface area (Å²) in [5, 5.41) is 3.64. The molecule has 2 heteroatoms. The van der Waals surface area contributed by atoms with Gasteiger partial charge in [0.1, 0.15) is 0 Å². The molecule has 0 aromatic heterocycles. The highest BCUT2D eigenvalue weighted by atomic mass is 32.2. The average Bonchev–Trinajstić information content (AvgIpc) is 2.14. The van der Waals surface area contributed by atoms with Gasteiger partial charge in [-0.3, -0.25) is 0 Å². The minimum Gasteiger partial charge on any atom is -0.303 e. The summed E-state index contributed by atoms with van der Waals surface area (Å²) in [6.45, 7) is 5.86. The summed E-state index contributed by atoms with van der Waals surface area (Å²) < 4.78 is 0. The van der Waals surface area contributed by atoms with Gasteiger partial charge in [0.2, 0.25) is 0 Å². The molecule has 1 heterocycles. The third-order valence-corrected chi connectivity index (χ3v) is 4.23. The first-order valence-corrected chi connectivity index (χ1v) is 6.64. The molecule has 0 bridgehead atoms. The van der Waals surface area contributed by atoms with Gasteiger partial charge >= 0.3 is 0 Å². The van der Waals surface area contributed by atoms with E-state index in [1.807, 2.05) is 0 Å². The van der Waals surface area contributed by atoms with Crippen LogP contribution in [0.4, 0.5) is 0 Å². The standard InChI is InChI=1S/C11H23NS/c1-3-4-5-6-8-11(2)12-9-7-10-13-11/h12H,3-10H2,1-2H3. The van der Waals surface area contributed by atoms with Crippen LogP contribution in [0.5, 0.6) is 0 Å². The molecule has 1 saturated heterocycles. The number of rotatable bonds is 5. The molecule has 0 aromatic rings. The zero-order chi connectivity index (χ0) is 9.57. The quantitative estimate of drug-likeness (QED) is 0.684. The summed E-state index contributed by atoms with van der Waals surface area (Å²) in [5.74, 6) is 1.34. The number of unbranched alkanes of at least 4 members (excludes halogenated alkanes) is 3. The Hall–Kier alpha value is 0.310. The Balaban J connectivity index is 2.10. The number of hydrogen-bond acceptors (Lipinski definition) is 2. The van der Waals surface area contributed by atoms with E-state index >= 15 is 0 Å². The predicted octanol–water partition coefficient (Wildman–Crippen LogP) is 3.40. The van der Waals surface area contributed by atoms with Gasteiger partial charge in [-0.15, -0.1) is 11.8 Å². The van der Waals surface area contributed by atoms with Crippen molar-refractivity contribution in [2.24, 2.45) is 0 Å². The summed E-state index contributed by atoms with van der Waals surface area (Å²) in [6, 6.07) is 0. The molecule has 1 rings (SSSR count). The van der Waals surface area contributed by atoms with Gasteiger partial charge in [-0.2, -0.15) is 0 Å². The second-order valence-corrected chi connectivity index (χ2v) is 5.77. The maximum atomic E-state index is 3.64. The molecule has 1 atom stereocenters. The Morgan fingerprint density at radius 3 is 2.77 bits per heavy atom. The zero-order valence-electron chi connectivity index (χ0n) is 9.07. The van der Waals surface area contributed by atoms with Gasteiger partial charge in [0, 0.05) is 0 Å². The second kappa shape index (κ2) is 5.92. The Morgan fingerprint density at radius 1 is 1.31 bits per heavy atom. The molecule has 13 heavy (non-hydrogen) atoms. The predicted molar refractivity (Wildman–Crippen MR) is 62.2 cm³/mol. The van der Waals surface area contributed by atoms with Crippen molar-refractivity contribution in [2.45, 2.75) is 57.2 Å². The van der Waals surface area contributed by atoms with Crippen molar-refractivity contribution >= 4 is 11.8 Å². The van der Waals surface area contributed by atoms with E-state index in [0.29, 0.717) is 4.87 Å². The van der Waals surface area contributed by atoms with Gasteiger partial charge in [0.05, 0.1) is 4.87 Å². The highest BCUT2D eigenvalue weighted by molar-refractivity contribution is 8.00. The molecule has 1 unspecified atom stereocenters. The third kappa shape index (κ3) is 4.37. The molecule has 1 fully saturated rings. The first-order chi connectivity index (χ1) is 6.27. The molecular formula is C11H23NS. The van der Waals surface area contributed by atoms with Crippen molar-refractivity contribution in [1.29, 1.82) is 0 Å². The Labute approximate surface area is 87.1 Å². The van der Waals surface area contributed by atoms with Gasteiger partial charge in [-0.25, -0.2) is 0 Å². The van der Waals surface area contributed by atoms with E-state index in [0.717, 1.165) is 0 Å². The van der Waals surface area contributed by atoms with Crippen molar-refractivity contribution in [3.05, 3.63) is 0 Å². The van der Waals surface area contributed by atoms with E-state index < -0.39 is 0 Å². The monoisotopic (exact) mass is 201 g/mol. The van der Waals surface area contributed by atoms with Crippen molar-refractivity contribution in [2.75, 3.05) is 12.3 Å². The van der Waals surface area contributed by atoms with Gasteiger partial charge in [0.25, 0.3) is 0 Å². The zero-order valence-corrected chi connectivity index (χ0v) is 9.88. The molecule has 0 amide bonds. The highest BCUT2D eigenvalue weighted by Gasteiger charge is 2.25. The van der Waals surface area contributed by atoms with Gasteiger partial charge < -0.3 is 5.32 Å². The van der Waals surface area contributed by atoms with Gasteiger partial charge in [0.15, 0.2) is 0 Å². The normalized spacial score (nSPS) is 29.1. The minimum atomic E-state index is 0.395. The van der Waals surface area contributed by atoms with Crippen LogP contribution < -0.4 is 5.32 Å². The van der Waals surface area contributed by atoms with Crippen LogP contribution in [-0.4, -0.2) is 17.2 Å². The fourth-order valence-corrected chi connectivity index (χ4v) is 3.06. The first kappa shape index (κ1) is 11.4. The lowest BCUT2D eigenvalue weighted by atomic mass is 10.1. The molecule has 78 valence electrons. The molecule has 1 N–H and O–H groups in total. The topological polar surface area (TPSA) is 12.0 Å². The molecule has 0 aromatic carbocycles. The van der Waals surface area contributed by atoms with Crippen LogP contribution in [0.3, 0.4) is 0 Å². The molecule has 0 saturated carbocycles. The number of hydrogen-bond donors (Lipinski definition) is 1. The second-order valence-electron chi connectivity index (χ2n) is 4.17. The van der Waals surface area contributed by atoms with Gasteiger partial charge in [-0.05, 0) is 32.1 Å². The van der Waals surface area contributed by atoms with Crippen LogP contribution >= 0.6 is 11.8 Å². The fraction of sp³-hybridized carbons (Fsp3) is 1.00. The van der Waals surface area contributed by atoms with E-state index in [2.05, 4.69) is 30.9 Å². The first-order valence-electron chi connectivity index (χ1n) is 5.66. The van der Waals surface area contributed by atoms with Crippen LogP contribution in [0.1, 0.15) is 52.4 Å². The smallest absolute Gasteiger partial charge is 0.0616 e. The lowest BCUT2D eigenvalue weighted by molar-refractivity contribution is 0.434. The average molecular weight is 201 g/mol. The molecule has 0 radical (unpaired) electrons. The van der Waals surface area contributed by atoms with Crippen LogP contribution in [0, 0.1) is 0 Å². The minimum absolute atomic E-state index is 0.395. The number of nitrogens with one attached hydrogen (secondary N) is 1. The summed E-state index contributed by atoms with van der Waals surface area (Å²) in [6.07, 6.45) is 8.24. The Bertz CT molecular complexity index is 130. The van der Waals surface area contributed by atoms with Gasteiger partial charge in [-0.1, -0.05) is 32.6 Å². The summed E-state index contributed by atoms with van der Waals surface area (Å²) in [4.78, 5) is 0.395. The van der Waals surface area contributed by atoms with Crippen LogP contribution in [0.25, 0.3) is 0 Å². The van der Waals surface area contributed by atoms with Crippen molar-refractivity contribution in [1.82, 2.24) is 5.32 Å². The molecule has 0 aliphatic carbocycles.